The Bertz CT molecular complexity index is 555. The first-order valence-electron chi connectivity index (χ1n) is 6.07. The van der Waals surface area contributed by atoms with E-state index in [0.29, 0.717) is 16.5 Å². The number of benzene rings is 1. The van der Waals surface area contributed by atoms with E-state index in [1.165, 1.54) is 0 Å². The molecule has 0 saturated carbocycles. The second kappa shape index (κ2) is 6.27. The molecule has 0 aliphatic rings. The molecule has 3 N–H and O–H groups in total. The van der Waals surface area contributed by atoms with Crippen molar-refractivity contribution in [3.63, 3.8) is 0 Å². The van der Waals surface area contributed by atoms with Gasteiger partial charge in [-0.05, 0) is 28.9 Å². The summed E-state index contributed by atoms with van der Waals surface area (Å²) in [5.74, 6) is 6.15. The van der Waals surface area contributed by atoms with Crippen LogP contribution in [0.5, 0.6) is 0 Å². The van der Waals surface area contributed by atoms with Crippen molar-refractivity contribution in [1.29, 1.82) is 0 Å². The maximum Gasteiger partial charge on any atom is 0.142 e. The summed E-state index contributed by atoms with van der Waals surface area (Å²) in [6, 6.07) is 4.87. The lowest BCUT2D eigenvalue weighted by Gasteiger charge is -2.17. The first kappa shape index (κ1) is 14.2. The van der Waals surface area contributed by atoms with Crippen molar-refractivity contribution in [2.45, 2.75) is 25.9 Å². The Balaban J connectivity index is 2.28. The summed E-state index contributed by atoms with van der Waals surface area (Å²) >= 11 is 3.19. The zero-order chi connectivity index (χ0) is 13.8. The van der Waals surface area contributed by atoms with Crippen LogP contribution in [0.2, 0.25) is 0 Å². The van der Waals surface area contributed by atoms with Crippen LogP contribution >= 0.6 is 15.9 Å². The topological polar surface area (TPSA) is 55.9 Å². The van der Waals surface area contributed by atoms with E-state index in [1.807, 2.05) is 17.7 Å². The lowest BCUT2D eigenvalue weighted by Crippen LogP contribution is -2.31. The smallest absolute Gasteiger partial charge is 0.142 e. The standard InChI is InChI=1S/C13H16BrFN4/c1-2-19-7-6-17-12(19)8-11(18-16)9-4-3-5-10(14)13(9)15/h3-7,11,18H,2,8,16H2,1H3. The number of imidazole rings is 1. The van der Waals surface area contributed by atoms with Gasteiger partial charge in [0.2, 0.25) is 0 Å². The summed E-state index contributed by atoms with van der Waals surface area (Å²) in [6.07, 6.45) is 4.18. The minimum atomic E-state index is -0.315. The van der Waals surface area contributed by atoms with E-state index in [9.17, 15) is 4.39 Å². The van der Waals surface area contributed by atoms with E-state index < -0.39 is 0 Å². The molecule has 102 valence electrons. The molecule has 2 aromatic rings. The Morgan fingerprint density at radius 2 is 2.32 bits per heavy atom. The molecule has 0 amide bonds. The van der Waals surface area contributed by atoms with Gasteiger partial charge in [0.25, 0.3) is 0 Å². The summed E-state index contributed by atoms with van der Waals surface area (Å²) in [6.45, 7) is 2.86. The number of nitrogens with zero attached hydrogens (tertiary/aromatic N) is 2. The minimum absolute atomic E-state index is 0.292. The molecule has 1 aromatic heterocycles. The van der Waals surface area contributed by atoms with Gasteiger partial charge in [-0.3, -0.25) is 11.3 Å². The van der Waals surface area contributed by atoms with Crippen LogP contribution in [0.3, 0.4) is 0 Å². The van der Waals surface area contributed by atoms with Crippen LogP contribution in [0.1, 0.15) is 24.4 Å². The zero-order valence-corrected chi connectivity index (χ0v) is 12.2. The molecule has 0 spiro atoms. The molecule has 1 atom stereocenters. The van der Waals surface area contributed by atoms with Crippen LogP contribution in [0.25, 0.3) is 0 Å². The number of halogens is 2. The molecule has 1 unspecified atom stereocenters. The number of hydrogen-bond acceptors (Lipinski definition) is 3. The summed E-state index contributed by atoms with van der Waals surface area (Å²) in [5.41, 5.74) is 3.19. The average molecular weight is 327 g/mol. The van der Waals surface area contributed by atoms with Crippen molar-refractivity contribution >= 4 is 15.9 Å². The maximum absolute atomic E-state index is 14.1. The molecule has 0 bridgehead atoms. The minimum Gasteiger partial charge on any atom is -0.335 e. The molecule has 1 heterocycles. The number of hydrogen-bond donors (Lipinski definition) is 2. The van der Waals surface area contributed by atoms with E-state index >= 15 is 0 Å². The molecule has 6 heteroatoms. The Kier molecular flexibility index (Phi) is 4.68. The maximum atomic E-state index is 14.1. The van der Waals surface area contributed by atoms with E-state index in [2.05, 4.69) is 26.3 Å². The van der Waals surface area contributed by atoms with Crippen LogP contribution in [-0.4, -0.2) is 9.55 Å². The molecule has 0 aliphatic heterocycles. The highest BCUT2D eigenvalue weighted by Gasteiger charge is 2.18. The van der Waals surface area contributed by atoms with E-state index in [4.69, 9.17) is 5.84 Å². The molecule has 0 radical (unpaired) electrons. The molecular weight excluding hydrogens is 311 g/mol. The lowest BCUT2D eigenvalue weighted by molar-refractivity contribution is 0.491. The molecule has 4 nitrogen and oxygen atoms in total. The fourth-order valence-electron chi connectivity index (χ4n) is 2.05. The van der Waals surface area contributed by atoms with Crippen LogP contribution in [-0.2, 0) is 13.0 Å². The average Bonchev–Trinajstić information content (AvgIpc) is 2.87. The van der Waals surface area contributed by atoms with E-state index in [1.54, 1.807) is 24.4 Å². The third kappa shape index (κ3) is 3.02. The molecule has 2 rings (SSSR count). The fourth-order valence-corrected chi connectivity index (χ4v) is 2.43. The monoisotopic (exact) mass is 326 g/mol. The highest BCUT2D eigenvalue weighted by Crippen LogP contribution is 2.25. The third-order valence-corrected chi connectivity index (χ3v) is 3.70. The predicted octanol–water partition coefficient (Wildman–Crippen LogP) is 2.55. The van der Waals surface area contributed by atoms with Crippen LogP contribution in [0.4, 0.5) is 4.39 Å². The largest absolute Gasteiger partial charge is 0.335 e. The first-order valence-corrected chi connectivity index (χ1v) is 6.86. The van der Waals surface area contributed by atoms with Crippen molar-refractivity contribution in [3.8, 4) is 0 Å². The number of rotatable bonds is 5. The van der Waals surface area contributed by atoms with Crippen LogP contribution < -0.4 is 11.3 Å². The van der Waals surface area contributed by atoms with Crippen molar-refractivity contribution in [2.75, 3.05) is 0 Å². The van der Waals surface area contributed by atoms with Crippen LogP contribution in [0, 0.1) is 5.82 Å². The van der Waals surface area contributed by atoms with Crippen molar-refractivity contribution in [3.05, 3.63) is 52.3 Å². The normalized spacial score (nSPS) is 12.6. The van der Waals surface area contributed by atoms with Gasteiger partial charge in [-0.1, -0.05) is 12.1 Å². The highest BCUT2D eigenvalue weighted by atomic mass is 79.9. The van der Waals surface area contributed by atoms with Gasteiger partial charge in [0.05, 0.1) is 10.5 Å². The summed E-state index contributed by atoms with van der Waals surface area (Å²) in [7, 11) is 0. The molecule has 0 saturated heterocycles. The molecular formula is C13H16BrFN4. The zero-order valence-electron chi connectivity index (χ0n) is 10.6. The summed E-state index contributed by atoms with van der Waals surface area (Å²) in [4.78, 5) is 4.29. The number of nitrogens with one attached hydrogen (secondary N) is 1. The molecule has 0 aliphatic carbocycles. The Hall–Kier alpha value is -1.24. The van der Waals surface area contributed by atoms with Gasteiger partial charge in [-0.15, -0.1) is 0 Å². The number of hydrazine groups is 1. The summed E-state index contributed by atoms with van der Waals surface area (Å²) in [5, 5.41) is 0. The van der Waals surface area contributed by atoms with Gasteiger partial charge in [-0.25, -0.2) is 9.37 Å². The van der Waals surface area contributed by atoms with Gasteiger partial charge < -0.3 is 4.57 Å². The summed E-state index contributed by atoms with van der Waals surface area (Å²) < 4.78 is 16.5. The van der Waals surface area contributed by atoms with Gasteiger partial charge >= 0.3 is 0 Å². The van der Waals surface area contributed by atoms with Gasteiger partial charge in [0.15, 0.2) is 0 Å². The van der Waals surface area contributed by atoms with Gasteiger partial charge in [0.1, 0.15) is 11.6 Å². The second-order valence-electron chi connectivity index (χ2n) is 4.20. The number of aromatic nitrogens is 2. The second-order valence-corrected chi connectivity index (χ2v) is 5.05. The van der Waals surface area contributed by atoms with Crippen LogP contribution in [0.15, 0.2) is 35.1 Å². The van der Waals surface area contributed by atoms with Gasteiger partial charge in [0, 0.05) is 30.9 Å². The predicted molar refractivity (Wildman–Crippen MR) is 75.8 cm³/mol. The van der Waals surface area contributed by atoms with Crippen molar-refractivity contribution in [1.82, 2.24) is 15.0 Å². The number of aryl methyl sites for hydroxylation is 1. The molecule has 1 aromatic carbocycles. The number of nitrogens with two attached hydrogens (primary N) is 1. The van der Waals surface area contributed by atoms with Crippen molar-refractivity contribution < 1.29 is 4.39 Å². The first-order chi connectivity index (χ1) is 9.17. The fraction of sp³-hybridized carbons (Fsp3) is 0.308. The Labute approximate surface area is 119 Å². The van der Waals surface area contributed by atoms with E-state index in [-0.39, 0.29) is 11.9 Å². The Morgan fingerprint density at radius 1 is 1.53 bits per heavy atom. The SMILES string of the molecule is CCn1ccnc1CC(NN)c1cccc(Br)c1F. The quantitative estimate of drug-likeness (QED) is 0.655. The van der Waals surface area contributed by atoms with Gasteiger partial charge in [-0.2, -0.15) is 0 Å². The molecule has 19 heavy (non-hydrogen) atoms. The third-order valence-electron chi connectivity index (χ3n) is 3.09. The van der Waals surface area contributed by atoms with E-state index in [0.717, 1.165) is 12.4 Å². The van der Waals surface area contributed by atoms with Crippen molar-refractivity contribution in [2.24, 2.45) is 5.84 Å². The lowest BCUT2D eigenvalue weighted by atomic mass is 10.0. The molecule has 0 fully saturated rings. The Morgan fingerprint density at radius 3 is 3.00 bits per heavy atom. The highest BCUT2D eigenvalue weighted by molar-refractivity contribution is 9.10.